The van der Waals surface area contributed by atoms with E-state index in [0.717, 1.165) is 11.3 Å². The average Bonchev–Trinajstić information content (AvgIpc) is 2.72. The van der Waals surface area contributed by atoms with Crippen molar-refractivity contribution in [2.45, 2.75) is 6.54 Å². The number of nitrogens with one attached hydrogen (secondary N) is 2. The zero-order valence-electron chi connectivity index (χ0n) is 15.3. The molecule has 6 nitrogen and oxygen atoms in total. The number of halogens is 2. The topological polar surface area (TPSA) is 64.7 Å². The Morgan fingerprint density at radius 2 is 1.39 bits per heavy atom. The minimum absolute atomic E-state index is 0.127. The van der Waals surface area contributed by atoms with Gasteiger partial charge in [0, 0.05) is 38.4 Å². The first-order chi connectivity index (χ1) is 13.5. The quantitative estimate of drug-likeness (QED) is 0.825. The minimum Gasteiger partial charge on any atom is -0.368 e. The summed E-state index contributed by atoms with van der Waals surface area (Å²) < 4.78 is 25.9. The van der Waals surface area contributed by atoms with Gasteiger partial charge in [-0.25, -0.2) is 13.6 Å². The molecule has 1 heterocycles. The maximum absolute atomic E-state index is 13.0. The SMILES string of the molecule is O=C(CNC(=O)N1CCN(c2ccc(F)cc2)CC1)NCc1ccc(F)cc1. The van der Waals surface area contributed by atoms with Crippen molar-refractivity contribution in [1.82, 2.24) is 15.5 Å². The van der Waals surface area contributed by atoms with E-state index in [1.54, 1.807) is 29.2 Å². The third-order valence-electron chi connectivity index (χ3n) is 4.56. The van der Waals surface area contributed by atoms with Crippen LogP contribution in [0, 0.1) is 11.6 Å². The Balaban J connectivity index is 1.37. The fraction of sp³-hybridized carbons (Fsp3) is 0.300. The van der Waals surface area contributed by atoms with Gasteiger partial charge in [0.15, 0.2) is 0 Å². The summed E-state index contributed by atoms with van der Waals surface area (Å²) in [4.78, 5) is 27.8. The number of urea groups is 1. The summed E-state index contributed by atoms with van der Waals surface area (Å²) in [5.74, 6) is -0.927. The lowest BCUT2D eigenvalue weighted by Crippen LogP contribution is -2.53. The molecule has 0 saturated carbocycles. The zero-order chi connectivity index (χ0) is 19.9. The molecule has 2 N–H and O–H groups in total. The minimum atomic E-state index is -0.332. The van der Waals surface area contributed by atoms with E-state index in [-0.39, 0.29) is 36.7 Å². The lowest BCUT2D eigenvalue weighted by atomic mass is 10.2. The van der Waals surface area contributed by atoms with Crippen LogP contribution >= 0.6 is 0 Å². The fourth-order valence-corrected chi connectivity index (χ4v) is 2.95. The second kappa shape index (κ2) is 9.16. The van der Waals surface area contributed by atoms with Gasteiger partial charge in [0.25, 0.3) is 0 Å². The molecule has 0 aromatic heterocycles. The van der Waals surface area contributed by atoms with Gasteiger partial charge in [-0.3, -0.25) is 4.79 Å². The zero-order valence-corrected chi connectivity index (χ0v) is 15.3. The molecular weight excluding hydrogens is 366 g/mol. The molecule has 3 rings (SSSR count). The summed E-state index contributed by atoms with van der Waals surface area (Å²) in [5, 5.41) is 5.28. The highest BCUT2D eigenvalue weighted by Gasteiger charge is 2.21. The van der Waals surface area contributed by atoms with Crippen molar-refractivity contribution in [2.24, 2.45) is 0 Å². The maximum atomic E-state index is 13.0. The van der Waals surface area contributed by atoms with Crippen molar-refractivity contribution >= 4 is 17.6 Å². The molecule has 0 atom stereocenters. The second-order valence-electron chi connectivity index (χ2n) is 6.51. The van der Waals surface area contributed by atoms with E-state index in [4.69, 9.17) is 0 Å². The molecule has 0 spiro atoms. The molecule has 0 bridgehead atoms. The Morgan fingerprint density at radius 3 is 2.00 bits per heavy atom. The molecule has 28 heavy (non-hydrogen) atoms. The number of piperazine rings is 1. The third-order valence-corrected chi connectivity index (χ3v) is 4.56. The van der Waals surface area contributed by atoms with Gasteiger partial charge in [0.1, 0.15) is 11.6 Å². The molecule has 1 saturated heterocycles. The number of rotatable bonds is 5. The van der Waals surface area contributed by atoms with Gasteiger partial charge < -0.3 is 20.4 Å². The van der Waals surface area contributed by atoms with Gasteiger partial charge in [0.2, 0.25) is 5.91 Å². The Labute approximate surface area is 162 Å². The van der Waals surface area contributed by atoms with Gasteiger partial charge in [0.05, 0.1) is 6.54 Å². The van der Waals surface area contributed by atoms with Crippen LogP contribution in [0.15, 0.2) is 48.5 Å². The molecule has 8 heteroatoms. The van der Waals surface area contributed by atoms with Crippen LogP contribution in [0.3, 0.4) is 0 Å². The first-order valence-electron chi connectivity index (χ1n) is 9.06. The number of carbonyl (C=O) groups excluding carboxylic acids is 2. The summed E-state index contributed by atoms with van der Waals surface area (Å²) in [6.07, 6.45) is 0. The van der Waals surface area contributed by atoms with Crippen molar-refractivity contribution in [2.75, 3.05) is 37.6 Å². The second-order valence-corrected chi connectivity index (χ2v) is 6.51. The highest BCUT2D eigenvalue weighted by Crippen LogP contribution is 2.16. The monoisotopic (exact) mass is 388 g/mol. The lowest BCUT2D eigenvalue weighted by molar-refractivity contribution is -0.120. The largest absolute Gasteiger partial charge is 0.368 e. The summed E-state index contributed by atoms with van der Waals surface area (Å²) in [6.45, 7) is 2.44. The van der Waals surface area contributed by atoms with E-state index in [1.165, 1.54) is 24.3 Å². The van der Waals surface area contributed by atoms with Gasteiger partial charge in [-0.1, -0.05) is 12.1 Å². The Bertz CT molecular complexity index is 804. The van der Waals surface area contributed by atoms with E-state index in [0.29, 0.717) is 26.2 Å². The first-order valence-corrected chi connectivity index (χ1v) is 9.06. The van der Waals surface area contributed by atoms with Crippen LogP contribution < -0.4 is 15.5 Å². The van der Waals surface area contributed by atoms with Crippen LogP contribution in [-0.2, 0) is 11.3 Å². The van der Waals surface area contributed by atoms with Crippen molar-refractivity contribution in [3.05, 3.63) is 65.7 Å². The van der Waals surface area contributed by atoms with Gasteiger partial charge in [-0.15, -0.1) is 0 Å². The van der Waals surface area contributed by atoms with E-state index in [1.807, 2.05) is 0 Å². The van der Waals surface area contributed by atoms with Crippen molar-refractivity contribution in [3.63, 3.8) is 0 Å². The first kappa shape index (κ1) is 19.6. The van der Waals surface area contributed by atoms with Gasteiger partial charge in [-0.2, -0.15) is 0 Å². The smallest absolute Gasteiger partial charge is 0.317 e. The lowest BCUT2D eigenvalue weighted by Gasteiger charge is -2.36. The molecule has 148 valence electrons. The molecule has 1 fully saturated rings. The van der Waals surface area contributed by atoms with Crippen LogP contribution in [0.4, 0.5) is 19.3 Å². The molecule has 1 aliphatic heterocycles. The summed E-state index contributed by atoms with van der Waals surface area (Å²) in [6, 6.07) is 11.8. The van der Waals surface area contributed by atoms with Crippen molar-refractivity contribution < 1.29 is 18.4 Å². The molecule has 1 aliphatic rings. The molecule has 0 aliphatic carbocycles. The molecule has 0 radical (unpaired) electrons. The standard InChI is InChI=1S/C20H22F2N4O2/c21-16-3-1-15(2-4-16)13-23-19(27)14-24-20(28)26-11-9-25(10-12-26)18-7-5-17(22)6-8-18/h1-8H,9-14H2,(H,23,27)(H,24,28). The van der Waals surface area contributed by atoms with Gasteiger partial charge >= 0.3 is 6.03 Å². The number of nitrogens with zero attached hydrogens (tertiary/aromatic N) is 2. The van der Waals surface area contributed by atoms with Crippen LogP contribution in [0.2, 0.25) is 0 Å². The van der Waals surface area contributed by atoms with Gasteiger partial charge in [-0.05, 0) is 42.0 Å². The van der Waals surface area contributed by atoms with Crippen LogP contribution in [0.1, 0.15) is 5.56 Å². The predicted molar refractivity (Wildman–Crippen MR) is 102 cm³/mol. The molecule has 2 aromatic carbocycles. The van der Waals surface area contributed by atoms with Crippen molar-refractivity contribution in [3.8, 4) is 0 Å². The van der Waals surface area contributed by atoms with E-state index in [9.17, 15) is 18.4 Å². The summed E-state index contributed by atoms with van der Waals surface area (Å²) in [7, 11) is 0. The molecule has 2 aromatic rings. The van der Waals surface area contributed by atoms with E-state index >= 15 is 0 Å². The predicted octanol–water partition coefficient (Wildman–Crippen LogP) is 2.11. The van der Waals surface area contributed by atoms with E-state index < -0.39 is 0 Å². The van der Waals surface area contributed by atoms with Crippen LogP contribution in [-0.4, -0.2) is 49.6 Å². The number of hydrogen-bond acceptors (Lipinski definition) is 3. The summed E-state index contributed by atoms with van der Waals surface area (Å²) in [5.41, 5.74) is 1.69. The Hall–Kier alpha value is -3.16. The molecular formula is C20H22F2N4O2. The van der Waals surface area contributed by atoms with E-state index in [2.05, 4.69) is 15.5 Å². The number of amides is 3. The Morgan fingerprint density at radius 1 is 0.821 bits per heavy atom. The summed E-state index contributed by atoms with van der Waals surface area (Å²) >= 11 is 0. The van der Waals surface area contributed by atoms with Crippen LogP contribution in [0.25, 0.3) is 0 Å². The highest BCUT2D eigenvalue weighted by molar-refractivity contribution is 5.84. The molecule has 3 amide bonds. The highest BCUT2D eigenvalue weighted by atomic mass is 19.1. The van der Waals surface area contributed by atoms with Crippen LogP contribution in [0.5, 0.6) is 0 Å². The van der Waals surface area contributed by atoms with Crippen molar-refractivity contribution in [1.29, 1.82) is 0 Å². The number of carbonyl (C=O) groups is 2. The average molecular weight is 388 g/mol. The maximum Gasteiger partial charge on any atom is 0.317 e. The third kappa shape index (κ3) is 5.42. The number of hydrogen-bond donors (Lipinski definition) is 2. The molecule has 0 unspecified atom stereocenters. The number of anilines is 1. The Kier molecular flexibility index (Phi) is 6.41. The normalized spacial score (nSPS) is 13.9. The number of benzene rings is 2. The fourth-order valence-electron chi connectivity index (χ4n) is 2.95.